The number of carboxylic acid groups (broad SMARTS) is 1. The number of carbonyl (C=O) groups is 1. The van der Waals surface area contributed by atoms with E-state index in [4.69, 9.17) is 15.1 Å². The highest BCUT2D eigenvalue weighted by Gasteiger charge is 2.10. The molecule has 0 saturated carbocycles. The Morgan fingerprint density at radius 3 is 2.43 bits per heavy atom. The van der Waals surface area contributed by atoms with Crippen molar-refractivity contribution in [1.82, 2.24) is 9.80 Å². The van der Waals surface area contributed by atoms with E-state index < -0.39 is 5.97 Å². The number of nitrogens with zero attached hydrogens (tertiary/aromatic N) is 3. The second kappa shape index (κ2) is 8.95. The van der Waals surface area contributed by atoms with Crippen LogP contribution in [0.2, 0.25) is 0 Å². The number of aliphatic carboxylic acids is 1. The predicted octanol–water partition coefficient (Wildman–Crippen LogP) is 0.885. The van der Waals surface area contributed by atoms with Crippen LogP contribution in [-0.4, -0.2) is 67.8 Å². The molecule has 0 aliphatic rings. The number of ether oxygens (including phenoxy) is 1. The van der Waals surface area contributed by atoms with Gasteiger partial charge in [-0.15, -0.1) is 0 Å². The number of hydrogen-bond acceptors (Lipinski definition) is 5. The molecule has 1 aromatic carbocycles. The molecule has 1 aromatic rings. The Hall–Kier alpha value is -2.10. The lowest BCUT2D eigenvalue weighted by Crippen LogP contribution is -2.38. The molecule has 0 amide bonds. The fraction of sp³-hybridized carbons (Fsp3) is 0.467. The van der Waals surface area contributed by atoms with Gasteiger partial charge < -0.3 is 14.7 Å². The summed E-state index contributed by atoms with van der Waals surface area (Å²) in [5, 5.41) is 17.6. The molecule has 21 heavy (non-hydrogen) atoms. The van der Waals surface area contributed by atoms with E-state index in [2.05, 4.69) is 0 Å². The summed E-state index contributed by atoms with van der Waals surface area (Å²) in [7, 11) is 3.90. The third-order valence-electron chi connectivity index (χ3n) is 2.88. The van der Waals surface area contributed by atoms with Gasteiger partial charge in [-0.05, 0) is 38.4 Å². The van der Waals surface area contributed by atoms with E-state index in [1.54, 1.807) is 24.3 Å². The summed E-state index contributed by atoms with van der Waals surface area (Å²) >= 11 is 0. The zero-order valence-electron chi connectivity index (χ0n) is 12.5. The van der Waals surface area contributed by atoms with Gasteiger partial charge in [0.15, 0.2) is 0 Å². The van der Waals surface area contributed by atoms with E-state index in [0.717, 1.165) is 6.54 Å². The van der Waals surface area contributed by atoms with Crippen LogP contribution in [0.3, 0.4) is 0 Å². The lowest BCUT2D eigenvalue weighted by Gasteiger charge is -2.22. The number of likely N-dealkylation sites (N-methyl/N-ethyl adjacent to an activating group) is 1. The highest BCUT2D eigenvalue weighted by Crippen LogP contribution is 2.11. The molecule has 0 fully saturated rings. The van der Waals surface area contributed by atoms with Gasteiger partial charge in [0.2, 0.25) is 0 Å². The molecular weight excluding hydrogens is 270 g/mol. The topological polar surface area (TPSA) is 76.8 Å². The van der Waals surface area contributed by atoms with Crippen molar-refractivity contribution in [2.24, 2.45) is 0 Å². The molecule has 0 aliphatic heterocycles. The Labute approximate surface area is 125 Å². The number of carboxylic acids is 1. The normalized spacial score (nSPS) is 10.6. The molecule has 0 aliphatic carbocycles. The minimum absolute atomic E-state index is 0.00453. The first-order chi connectivity index (χ1) is 10.0. The maximum absolute atomic E-state index is 10.8. The number of hydrogen-bond donors (Lipinski definition) is 1. The maximum Gasteiger partial charge on any atom is 0.317 e. The third-order valence-corrected chi connectivity index (χ3v) is 2.88. The summed E-state index contributed by atoms with van der Waals surface area (Å²) in [5.74, 6) is -0.163. The molecule has 0 saturated heterocycles. The Balaban J connectivity index is 2.40. The van der Waals surface area contributed by atoms with Gasteiger partial charge in [-0.25, -0.2) is 0 Å². The molecule has 114 valence electrons. The highest BCUT2D eigenvalue weighted by molar-refractivity contribution is 5.69. The van der Waals surface area contributed by atoms with E-state index >= 15 is 0 Å². The summed E-state index contributed by atoms with van der Waals surface area (Å²) < 4.78 is 5.57. The molecule has 1 N–H and O–H groups in total. The van der Waals surface area contributed by atoms with Crippen LogP contribution < -0.4 is 4.74 Å². The first-order valence-electron chi connectivity index (χ1n) is 6.73. The lowest BCUT2D eigenvalue weighted by atomic mass is 10.2. The largest absolute Gasteiger partial charge is 0.492 e. The van der Waals surface area contributed by atoms with Crippen molar-refractivity contribution in [2.75, 3.05) is 46.9 Å². The minimum atomic E-state index is -0.841. The predicted molar refractivity (Wildman–Crippen MR) is 79.3 cm³/mol. The van der Waals surface area contributed by atoms with Crippen LogP contribution in [0.15, 0.2) is 24.3 Å². The van der Waals surface area contributed by atoms with E-state index in [1.165, 1.54) is 0 Å². The standard InChI is InChI=1S/C15H21N3O3/c1-17(2)7-8-18(12-15(19)20)9-10-21-14-5-3-13(11-16)4-6-14/h3-6H,7-10,12H2,1-2H3,(H,19,20). The summed E-state index contributed by atoms with van der Waals surface area (Å²) in [4.78, 5) is 14.7. The van der Waals surface area contributed by atoms with Gasteiger partial charge in [-0.3, -0.25) is 9.69 Å². The Bertz CT molecular complexity index is 480. The van der Waals surface area contributed by atoms with Gasteiger partial charge in [0.05, 0.1) is 18.2 Å². The minimum Gasteiger partial charge on any atom is -0.492 e. The monoisotopic (exact) mass is 291 g/mol. The summed E-state index contributed by atoms with van der Waals surface area (Å²) in [6.07, 6.45) is 0. The first kappa shape index (κ1) is 17.0. The van der Waals surface area contributed by atoms with E-state index in [9.17, 15) is 4.79 Å². The van der Waals surface area contributed by atoms with Crippen LogP contribution in [0.4, 0.5) is 0 Å². The van der Waals surface area contributed by atoms with Gasteiger partial charge in [0, 0.05) is 19.6 Å². The number of benzene rings is 1. The van der Waals surface area contributed by atoms with Crippen molar-refractivity contribution in [3.63, 3.8) is 0 Å². The van der Waals surface area contributed by atoms with Gasteiger partial charge >= 0.3 is 5.97 Å². The third kappa shape index (κ3) is 7.30. The first-order valence-corrected chi connectivity index (χ1v) is 6.73. The van der Waals surface area contributed by atoms with Gasteiger partial charge in [-0.1, -0.05) is 0 Å². The van der Waals surface area contributed by atoms with Crippen LogP contribution in [0.1, 0.15) is 5.56 Å². The van der Waals surface area contributed by atoms with Crippen molar-refractivity contribution in [3.8, 4) is 11.8 Å². The quantitative estimate of drug-likeness (QED) is 0.728. The highest BCUT2D eigenvalue weighted by atomic mass is 16.5. The second-order valence-electron chi connectivity index (χ2n) is 4.96. The van der Waals surface area contributed by atoms with Gasteiger partial charge in [0.1, 0.15) is 12.4 Å². The van der Waals surface area contributed by atoms with Crippen LogP contribution in [0.25, 0.3) is 0 Å². The Kier molecular flexibility index (Phi) is 7.23. The van der Waals surface area contributed by atoms with E-state index in [1.807, 2.05) is 30.0 Å². The number of rotatable bonds is 9. The molecule has 6 heteroatoms. The van der Waals surface area contributed by atoms with Crippen molar-refractivity contribution in [1.29, 1.82) is 5.26 Å². The molecule has 6 nitrogen and oxygen atoms in total. The smallest absolute Gasteiger partial charge is 0.317 e. The fourth-order valence-electron chi connectivity index (χ4n) is 1.72. The van der Waals surface area contributed by atoms with E-state index in [-0.39, 0.29) is 6.54 Å². The molecule has 0 heterocycles. The van der Waals surface area contributed by atoms with Crippen molar-refractivity contribution in [3.05, 3.63) is 29.8 Å². The SMILES string of the molecule is CN(C)CCN(CCOc1ccc(C#N)cc1)CC(=O)O. The molecule has 0 spiro atoms. The summed E-state index contributed by atoms with van der Waals surface area (Å²) in [5.41, 5.74) is 0.584. The molecule has 0 unspecified atom stereocenters. The zero-order chi connectivity index (χ0) is 15.7. The Morgan fingerprint density at radius 1 is 1.24 bits per heavy atom. The summed E-state index contributed by atoms with van der Waals surface area (Å²) in [6.45, 7) is 2.43. The average molecular weight is 291 g/mol. The summed E-state index contributed by atoms with van der Waals surface area (Å²) in [6, 6.07) is 8.90. The van der Waals surface area contributed by atoms with Gasteiger partial charge in [0.25, 0.3) is 0 Å². The maximum atomic E-state index is 10.8. The zero-order valence-corrected chi connectivity index (χ0v) is 12.5. The fourth-order valence-corrected chi connectivity index (χ4v) is 1.72. The molecule has 0 aromatic heterocycles. The van der Waals surface area contributed by atoms with Crippen molar-refractivity contribution in [2.45, 2.75) is 0 Å². The van der Waals surface area contributed by atoms with Crippen molar-refractivity contribution >= 4 is 5.97 Å². The van der Waals surface area contributed by atoms with Crippen molar-refractivity contribution < 1.29 is 14.6 Å². The van der Waals surface area contributed by atoms with E-state index in [0.29, 0.717) is 31.0 Å². The average Bonchev–Trinajstić information content (AvgIpc) is 2.44. The Morgan fingerprint density at radius 2 is 1.90 bits per heavy atom. The van der Waals surface area contributed by atoms with Crippen LogP contribution >= 0.6 is 0 Å². The van der Waals surface area contributed by atoms with Crippen LogP contribution in [0, 0.1) is 11.3 Å². The number of nitriles is 1. The van der Waals surface area contributed by atoms with Crippen LogP contribution in [0.5, 0.6) is 5.75 Å². The molecule has 1 rings (SSSR count). The molecule has 0 atom stereocenters. The van der Waals surface area contributed by atoms with Gasteiger partial charge in [-0.2, -0.15) is 5.26 Å². The molecule has 0 bridgehead atoms. The van der Waals surface area contributed by atoms with Crippen LogP contribution in [-0.2, 0) is 4.79 Å². The molecule has 0 radical (unpaired) electrons. The molecular formula is C15H21N3O3. The lowest BCUT2D eigenvalue weighted by molar-refractivity contribution is -0.138. The second-order valence-corrected chi connectivity index (χ2v) is 4.96.